The number of carbonyl (C=O) groups excluding carboxylic acids is 1. The van der Waals surface area contributed by atoms with Crippen LogP contribution in [-0.4, -0.2) is 35.1 Å². The van der Waals surface area contributed by atoms with Gasteiger partial charge in [-0.05, 0) is 48.2 Å². The number of carbonyl (C=O) groups is 1. The van der Waals surface area contributed by atoms with Crippen molar-refractivity contribution in [2.45, 2.75) is 12.8 Å². The molecule has 0 fully saturated rings. The minimum Gasteiger partial charge on any atom is -0.504 e. The van der Waals surface area contributed by atoms with Crippen LogP contribution in [0, 0.1) is 10.1 Å². The molecule has 8 nitrogen and oxygen atoms in total. The molecule has 8 heteroatoms. The van der Waals surface area contributed by atoms with Crippen molar-refractivity contribution in [2.24, 2.45) is 0 Å². The maximum absolute atomic E-state index is 12.9. The van der Waals surface area contributed by atoms with Gasteiger partial charge in [0.1, 0.15) is 5.56 Å². The molecule has 0 aliphatic heterocycles. The molecule has 0 unspecified atom stereocenters. The van der Waals surface area contributed by atoms with E-state index in [0.717, 1.165) is 0 Å². The van der Waals surface area contributed by atoms with Gasteiger partial charge >= 0.3 is 5.69 Å². The van der Waals surface area contributed by atoms with Crippen molar-refractivity contribution in [1.82, 2.24) is 0 Å². The number of nitro benzene ring substituents is 1. The van der Waals surface area contributed by atoms with E-state index in [1.165, 1.54) is 20.3 Å². The molecule has 2 N–H and O–H groups in total. The monoisotopic (exact) mass is 371 g/mol. The summed E-state index contributed by atoms with van der Waals surface area (Å²) in [4.78, 5) is 23.4. The minimum atomic E-state index is -0.903. The zero-order valence-electron chi connectivity index (χ0n) is 14.7. The Hall–Kier alpha value is -3.55. The Morgan fingerprint density at radius 2 is 1.81 bits per heavy atom. The molecule has 0 saturated heterocycles. The first-order valence-corrected chi connectivity index (χ1v) is 8.06. The fraction of sp³-hybridized carbons (Fsp3) is 0.211. The van der Waals surface area contributed by atoms with Crippen LogP contribution in [0.5, 0.6) is 23.0 Å². The molecule has 0 spiro atoms. The van der Waals surface area contributed by atoms with Gasteiger partial charge in [0.2, 0.25) is 5.75 Å². The van der Waals surface area contributed by atoms with E-state index >= 15 is 0 Å². The zero-order chi connectivity index (χ0) is 19.7. The molecule has 0 radical (unpaired) electrons. The lowest BCUT2D eigenvalue weighted by atomic mass is 9.84. The predicted octanol–water partition coefficient (Wildman–Crippen LogP) is 3.24. The summed E-state index contributed by atoms with van der Waals surface area (Å²) in [5.41, 5.74) is 0.417. The number of aromatic hydroxyl groups is 2. The van der Waals surface area contributed by atoms with Crippen LogP contribution in [0.25, 0.3) is 6.08 Å². The Kier molecular flexibility index (Phi) is 4.72. The highest BCUT2D eigenvalue weighted by molar-refractivity contribution is 6.16. The van der Waals surface area contributed by atoms with Gasteiger partial charge in [-0.25, -0.2) is 0 Å². The molecule has 0 aromatic heterocycles. The number of benzene rings is 2. The third-order valence-electron chi connectivity index (χ3n) is 4.45. The molecule has 1 aliphatic carbocycles. The molecule has 0 saturated carbocycles. The number of nitrogens with zero attached hydrogens (tertiary/aromatic N) is 1. The molecule has 0 bridgehead atoms. The van der Waals surface area contributed by atoms with E-state index in [2.05, 4.69) is 0 Å². The molecule has 0 heterocycles. The largest absolute Gasteiger partial charge is 0.504 e. The van der Waals surface area contributed by atoms with Crippen LogP contribution >= 0.6 is 0 Å². The van der Waals surface area contributed by atoms with E-state index < -0.39 is 27.9 Å². The number of nitro groups is 1. The summed E-state index contributed by atoms with van der Waals surface area (Å²) in [5.74, 6) is -1.03. The van der Waals surface area contributed by atoms with E-state index in [-0.39, 0.29) is 5.56 Å². The number of aryl methyl sites for hydroxylation is 1. The summed E-state index contributed by atoms with van der Waals surface area (Å²) in [6, 6.07) is 6.32. The van der Waals surface area contributed by atoms with Crippen molar-refractivity contribution >= 4 is 17.5 Å². The summed E-state index contributed by atoms with van der Waals surface area (Å²) in [7, 11) is 3.01. The van der Waals surface area contributed by atoms with Gasteiger partial charge < -0.3 is 19.7 Å². The number of rotatable bonds is 4. The standard InChI is InChI=1S/C19H17NO7/c1-26-14-6-3-10(8-15(14)27-2)7-12-5-4-11-9-13(21)19(23)17(20(24)25)16(11)18(12)22/h3,6-9,21,23H,4-5H2,1-2H3/b12-7-. The van der Waals surface area contributed by atoms with Gasteiger partial charge in [0, 0.05) is 5.57 Å². The smallest absolute Gasteiger partial charge is 0.326 e. The average molecular weight is 371 g/mol. The molecule has 1 aliphatic rings. The quantitative estimate of drug-likeness (QED) is 0.366. The van der Waals surface area contributed by atoms with Crippen LogP contribution in [0.3, 0.4) is 0 Å². The maximum Gasteiger partial charge on any atom is 0.326 e. The van der Waals surface area contributed by atoms with Crippen molar-refractivity contribution in [3.63, 3.8) is 0 Å². The van der Waals surface area contributed by atoms with Gasteiger partial charge in [0.25, 0.3) is 0 Å². The molecule has 3 rings (SSSR count). The van der Waals surface area contributed by atoms with Gasteiger partial charge in [0.15, 0.2) is 23.0 Å². The summed E-state index contributed by atoms with van der Waals surface area (Å²) < 4.78 is 10.4. The number of ether oxygens (including phenoxy) is 2. The van der Waals surface area contributed by atoms with Crippen molar-refractivity contribution in [2.75, 3.05) is 14.2 Å². The maximum atomic E-state index is 12.9. The molecular weight excluding hydrogens is 354 g/mol. The number of allylic oxidation sites excluding steroid dienone is 1. The number of hydrogen-bond acceptors (Lipinski definition) is 7. The SMILES string of the molecule is COc1ccc(/C=C2/CCc3cc(O)c(O)c([N+](=O)[O-])c3C2=O)cc1OC. The first-order valence-electron chi connectivity index (χ1n) is 8.06. The highest BCUT2D eigenvalue weighted by atomic mass is 16.6. The van der Waals surface area contributed by atoms with Crippen LogP contribution in [0.1, 0.15) is 27.9 Å². The number of hydrogen-bond donors (Lipinski definition) is 2. The third kappa shape index (κ3) is 3.17. The van der Waals surface area contributed by atoms with Gasteiger partial charge in [-0.2, -0.15) is 0 Å². The fourth-order valence-corrected chi connectivity index (χ4v) is 3.15. The van der Waals surface area contributed by atoms with E-state index in [0.29, 0.717) is 41.0 Å². The lowest BCUT2D eigenvalue weighted by molar-refractivity contribution is -0.386. The predicted molar refractivity (Wildman–Crippen MR) is 96.6 cm³/mol. The van der Waals surface area contributed by atoms with Crippen LogP contribution in [0.2, 0.25) is 0 Å². The molecule has 0 amide bonds. The topological polar surface area (TPSA) is 119 Å². The first-order chi connectivity index (χ1) is 12.9. The second kappa shape index (κ2) is 6.99. The lowest BCUT2D eigenvalue weighted by Crippen LogP contribution is -2.16. The Bertz CT molecular complexity index is 979. The summed E-state index contributed by atoms with van der Waals surface area (Å²) >= 11 is 0. The normalized spacial score (nSPS) is 14.7. The van der Waals surface area contributed by atoms with Crippen molar-refractivity contribution in [3.8, 4) is 23.0 Å². The van der Waals surface area contributed by atoms with Crippen molar-refractivity contribution in [3.05, 3.63) is 56.6 Å². The van der Waals surface area contributed by atoms with Gasteiger partial charge in [-0.1, -0.05) is 6.07 Å². The molecule has 2 aromatic carbocycles. The Balaban J connectivity index is 2.08. The molecular formula is C19H17NO7. The summed E-state index contributed by atoms with van der Waals surface area (Å²) in [6.07, 6.45) is 2.30. The number of ketones is 1. The highest BCUT2D eigenvalue weighted by Gasteiger charge is 2.35. The Labute approximate surface area is 154 Å². The number of Topliss-reactive ketones (excluding diaryl/α,β-unsaturated/α-hetero) is 1. The summed E-state index contributed by atoms with van der Waals surface area (Å²) in [5, 5.41) is 30.9. The number of phenols is 2. The molecule has 0 atom stereocenters. The second-order valence-electron chi connectivity index (χ2n) is 6.00. The highest BCUT2D eigenvalue weighted by Crippen LogP contribution is 2.44. The van der Waals surface area contributed by atoms with Gasteiger partial charge in [0.05, 0.1) is 19.1 Å². The summed E-state index contributed by atoms with van der Waals surface area (Å²) in [6.45, 7) is 0. The van der Waals surface area contributed by atoms with E-state index in [9.17, 15) is 25.1 Å². The van der Waals surface area contributed by atoms with Crippen LogP contribution in [0.4, 0.5) is 5.69 Å². The Morgan fingerprint density at radius 3 is 2.44 bits per heavy atom. The minimum absolute atomic E-state index is 0.187. The van der Waals surface area contributed by atoms with Crippen LogP contribution in [0.15, 0.2) is 29.8 Å². The van der Waals surface area contributed by atoms with E-state index in [1.807, 2.05) is 0 Å². The second-order valence-corrected chi connectivity index (χ2v) is 6.00. The fourth-order valence-electron chi connectivity index (χ4n) is 3.15. The van der Waals surface area contributed by atoms with Gasteiger partial charge in [-0.15, -0.1) is 0 Å². The number of fused-ring (bicyclic) bond motifs is 1. The number of methoxy groups -OCH3 is 2. The zero-order valence-corrected chi connectivity index (χ0v) is 14.7. The van der Waals surface area contributed by atoms with Crippen LogP contribution < -0.4 is 9.47 Å². The first kappa shape index (κ1) is 18.2. The third-order valence-corrected chi connectivity index (χ3v) is 4.45. The van der Waals surface area contributed by atoms with E-state index in [4.69, 9.17) is 9.47 Å². The number of phenolic OH excluding ortho intramolecular Hbond substituents is 2. The average Bonchev–Trinajstić information content (AvgIpc) is 2.65. The lowest BCUT2D eigenvalue weighted by Gasteiger charge is -2.18. The van der Waals surface area contributed by atoms with E-state index in [1.54, 1.807) is 24.3 Å². The van der Waals surface area contributed by atoms with Crippen molar-refractivity contribution < 1.29 is 29.4 Å². The molecule has 140 valence electrons. The Morgan fingerprint density at radius 1 is 1.11 bits per heavy atom. The molecule has 2 aromatic rings. The molecule has 27 heavy (non-hydrogen) atoms. The van der Waals surface area contributed by atoms with Gasteiger partial charge in [-0.3, -0.25) is 14.9 Å². The van der Waals surface area contributed by atoms with Crippen LogP contribution in [-0.2, 0) is 6.42 Å². The van der Waals surface area contributed by atoms with Crippen molar-refractivity contribution in [1.29, 1.82) is 0 Å².